The van der Waals surface area contributed by atoms with Crippen LogP contribution in [-0.2, 0) is 21.5 Å². The van der Waals surface area contributed by atoms with Crippen molar-refractivity contribution in [1.82, 2.24) is 23.3 Å². The molecule has 3 aliphatic heterocycles. The summed E-state index contributed by atoms with van der Waals surface area (Å²) in [6.45, 7) is 3.62. The number of hydrogen-bond donors (Lipinski definition) is 0. The zero-order chi connectivity index (χ0) is 17.5. The molecule has 0 saturated carbocycles. The summed E-state index contributed by atoms with van der Waals surface area (Å²) in [6.07, 6.45) is 3.51. The molecule has 0 aromatic carbocycles. The minimum atomic E-state index is -3.44. The van der Waals surface area contributed by atoms with E-state index < -0.39 is 10.2 Å². The lowest BCUT2D eigenvalue weighted by atomic mass is 9.95. The van der Waals surface area contributed by atoms with Gasteiger partial charge in [-0.3, -0.25) is 9.48 Å². The Hall–Kier alpha value is -1.45. The van der Waals surface area contributed by atoms with Gasteiger partial charge in [0.15, 0.2) is 0 Å². The largest absolute Gasteiger partial charge is 0.336 e. The van der Waals surface area contributed by atoms with Crippen molar-refractivity contribution >= 4 is 16.1 Å². The number of aromatic nitrogens is 2. The van der Waals surface area contributed by atoms with Crippen LogP contribution in [0, 0.1) is 12.8 Å². The third-order valence-corrected chi connectivity index (χ3v) is 6.88. The van der Waals surface area contributed by atoms with Gasteiger partial charge in [-0.05, 0) is 31.7 Å². The molecule has 0 spiro atoms. The van der Waals surface area contributed by atoms with Gasteiger partial charge in [0.25, 0.3) is 10.2 Å². The molecule has 0 unspecified atom stereocenters. The molecular formula is C15H25N5O3S. The molecule has 8 nitrogen and oxygen atoms in total. The molecular weight excluding hydrogens is 330 g/mol. The average molecular weight is 355 g/mol. The zero-order valence-electron chi connectivity index (χ0n) is 14.4. The molecule has 1 aromatic rings. The van der Waals surface area contributed by atoms with Gasteiger partial charge in [-0.1, -0.05) is 0 Å². The van der Waals surface area contributed by atoms with Crippen molar-refractivity contribution in [2.75, 3.05) is 33.7 Å². The maximum absolute atomic E-state index is 12.7. The smallest absolute Gasteiger partial charge is 0.281 e. The van der Waals surface area contributed by atoms with E-state index in [1.807, 2.05) is 17.9 Å². The van der Waals surface area contributed by atoms with Crippen LogP contribution >= 0.6 is 0 Å². The molecule has 3 saturated heterocycles. The number of nitrogens with zero attached hydrogens (tertiary/aromatic N) is 5. The van der Waals surface area contributed by atoms with E-state index in [0.717, 1.165) is 18.5 Å². The van der Waals surface area contributed by atoms with E-state index >= 15 is 0 Å². The van der Waals surface area contributed by atoms with E-state index in [9.17, 15) is 13.2 Å². The maximum Gasteiger partial charge on any atom is 0.281 e. The fourth-order valence-corrected chi connectivity index (χ4v) is 4.77. The Balaban J connectivity index is 1.76. The van der Waals surface area contributed by atoms with Gasteiger partial charge >= 0.3 is 0 Å². The zero-order valence-corrected chi connectivity index (χ0v) is 15.2. The number of aryl methyl sites for hydroxylation is 1. The van der Waals surface area contributed by atoms with Gasteiger partial charge in [0, 0.05) is 51.7 Å². The summed E-state index contributed by atoms with van der Waals surface area (Å²) in [5.41, 5.74) is 0.945. The summed E-state index contributed by atoms with van der Waals surface area (Å²) in [5, 5.41) is 4.17. The third kappa shape index (κ3) is 3.20. The van der Waals surface area contributed by atoms with E-state index in [1.165, 1.54) is 8.61 Å². The van der Waals surface area contributed by atoms with Gasteiger partial charge < -0.3 is 4.90 Å². The van der Waals surface area contributed by atoms with Crippen molar-refractivity contribution < 1.29 is 13.2 Å². The first-order valence-electron chi connectivity index (χ1n) is 8.24. The molecule has 4 rings (SSSR count). The summed E-state index contributed by atoms with van der Waals surface area (Å²) in [7, 11) is -0.349. The molecule has 4 heterocycles. The number of hydrogen-bond acceptors (Lipinski definition) is 4. The quantitative estimate of drug-likeness (QED) is 0.757. The molecule has 3 fully saturated rings. The molecule has 0 aliphatic carbocycles. The Morgan fingerprint density at radius 2 is 2.04 bits per heavy atom. The van der Waals surface area contributed by atoms with Gasteiger partial charge in [-0.2, -0.15) is 22.1 Å². The highest BCUT2D eigenvalue weighted by molar-refractivity contribution is 7.86. The van der Waals surface area contributed by atoms with Crippen molar-refractivity contribution in [2.24, 2.45) is 5.92 Å². The molecule has 0 radical (unpaired) electrons. The predicted molar refractivity (Wildman–Crippen MR) is 89.4 cm³/mol. The number of carbonyl (C=O) groups is 1. The summed E-state index contributed by atoms with van der Waals surface area (Å²) >= 11 is 0. The minimum absolute atomic E-state index is 0.0144. The van der Waals surface area contributed by atoms with Crippen LogP contribution in [0.3, 0.4) is 0 Å². The third-order valence-electron chi connectivity index (χ3n) is 5.00. The molecule has 1 amide bonds. The number of fused-ring (bicyclic) bond motifs is 4. The number of piperidine rings is 1. The Morgan fingerprint density at radius 3 is 2.67 bits per heavy atom. The first kappa shape index (κ1) is 17.4. The van der Waals surface area contributed by atoms with E-state index in [4.69, 9.17) is 0 Å². The summed E-state index contributed by atoms with van der Waals surface area (Å²) < 4.78 is 29.4. The fourth-order valence-electron chi connectivity index (χ4n) is 3.55. The lowest BCUT2D eigenvalue weighted by Crippen LogP contribution is -2.49. The topological polar surface area (TPSA) is 78.8 Å². The average Bonchev–Trinajstić information content (AvgIpc) is 2.76. The van der Waals surface area contributed by atoms with Crippen LogP contribution in [0.15, 0.2) is 12.3 Å². The maximum atomic E-state index is 12.7. The highest BCUT2D eigenvalue weighted by Gasteiger charge is 2.41. The first-order chi connectivity index (χ1) is 11.3. The van der Waals surface area contributed by atoms with Gasteiger partial charge in [0.05, 0.1) is 0 Å². The summed E-state index contributed by atoms with van der Waals surface area (Å²) in [4.78, 5) is 14.6. The Labute approximate surface area is 143 Å². The van der Waals surface area contributed by atoms with Crippen LogP contribution in [0.2, 0.25) is 0 Å². The first-order valence-corrected chi connectivity index (χ1v) is 9.64. The molecule has 1 aromatic heterocycles. The van der Waals surface area contributed by atoms with Crippen LogP contribution in [0.25, 0.3) is 0 Å². The Bertz CT molecular complexity index is 714. The van der Waals surface area contributed by atoms with E-state index in [0.29, 0.717) is 19.6 Å². The van der Waals surface area contributed by atoms with Gasteiger partial charge in [-0.25, -0.2) is 0 Å². The molecule has 2 atom stereocenters. The molecule has 134 valence electrons. The second-order valence-electron chi connectivity index (χ2n) is 6.88. The normalized spacial score (nSPS) is 25.2. The molecule has 3 aliphatic rings. The second-order valence-corrected chi connectivity index (χ2v) is 9.02. The predicted octanol–water partition coefficient (Wildman–Crippen LogP) is -0.0793. The Kier molecular flexibility index (Phi) is 4.67. The van der Waals surface area contributed by atoms with Crippen molar-refractivity contribution in [3.05, 3.63) is 18.0 Å². The summed E-state index contributed by atoms with van der Waals surface area (Å²) in [6, 6.07) is 1.81. The minimum Gasteiger partial charge on any atom is -0.336 e. The lowest BCUT2D eigenvalue weighted by molar-refractivity contribution is -0.136. The second kappa shape index (κ2) is 6.45. The molecule has 2 bridgehead atoms. The number of amides is 1. The standard InChI is InChI=1S/C15H25N5O3S/c1-12-6-7-16-20(12)11-15(21)19-9-13-4-5-14(19)10-18(8-13)24(22,23)17(2)3/h6-7,13-14H,4-5,8-11H2,1-3H3/t13-,14+/m1/s1. The number of carbonyl (C=O) groups excluding carboxylic acids is 1. The van der Waals surface area contributed by atoms with E-state index in [1.54, 1.807) is 25.0 Å². The van der Waals surface area contributed by atoms with Crippen LogP contribution in [0.5, 0.6) is 0 Å². The highest BCUT2D eigenvalue weighted by Crippen LogP contribution is 2.30. The Morgan fingerprint density at radius 1 is 1.29 bits per heavy atom. The molecule has 0 N–H and O–H groups in total. The van der Waals surface area contributed by atoms with Crippen molar-refractivity contribution in [2.45, 2.75) is 32.4 Å². The highest BCUT2D eigenvalue weighted by atomic mass is 32.2. The van der Waals surface area contributed by atoms with Gasteiger partial charge in [-0.15, -0.1) is 0 Å². The van der Waals surface area contributed by atoms with E-state index in [2.05, 4.69) is 5.10 Å². The van der Waals surface area contributed by atoms with E-state index in [-0.39, 0.29) is 24.4 Å². The van der Waals surface area contributed by atoms with Crippen molar-refractivity contribution in [1.29, 1.82) is 0 Å². The van der Waals surface area contributed by atoms with Crippen LogP contribution in [0.1, 0.15) is 18.5 Å². The lowest BCUT2D eigenvalue weighted by Gasteiger charge is -2.36. The van der Waals surface area contributed by atoms with Crippen LogP contribution < -0.4 is 0 Å². The monoisotopic (exact) mass is 355 g/mol. The number of rotatable bonds is 4. The van der Waals surface area contributed by atoms with Gasteiger partial charge in [0.2, 0.25) is 5.91 Å². The van der Waals surface area contributed by atoms with Crippen molar-refractivity contribution in [3.8, 4) is 0 Å². The fraction of sp³-hybridized carbons (Fsp3) is 0.733. The van der Waals surface area contributed by atoms with Gasteiger partial charge in [0.1, 0.15) is 6.54 Å². The van der Waals surface area contributed by atoms with Crippen LogP contribution in [0.4, 0.5) is 0 Å². The summed E-state index contributed by atoms with van der Waals surface area (Å²) in [5.74, 6) is 0.210. The molecule has 24 heavy (non-hydrogen) atoms. The van der Waals surface area contributed by atoms with Crippen LogP contribution in [-0.4, -0.2) is 77.4 Å². The molecule has 9 heteroatoms. The SMILES string of the molecule is Cc1ccnn1CC(=O)N1C[C@@H]2CC[C@H]1CN(S(=O)(=O)N(C)C)C2. The van der Waals surface area contributed by atoms with Crippen molar-refractivity contribution in [3.63, 3.8) is 0 Å².